The highest BCUT2D eigenvalue weighted by Crippen LogP contribution is 2.47. The van der Waals surface area contributed by atoms with Gasteiger partial charge in [0.15, 0.2) is 5.03 Å². The summed E-state index contributed by atoms with van der Waals surface area (Å²) < 4.78 is 48.0. The molecule has 4 N–H and O–H groups in total. The first kappa shape index (κ1) is 31.0. The zero-order valence-electron chi connectivity index (χ0n) is 24.4. The second-order valence-electron chi connectivity index (χ2n) is 11.9. The molecular weight excluding hydrogens is 557 g/mol. The topological polar surface area (TPSA) is 132 Å². The quantitative estimate of drug-likeness (QED) is 0.223. The number of nitrogens with two attached hydrogens (primary N) is 1. The van der Waals surface area contributed by atoms with Crippen LogP contribution in [0, 0.1) is 11.2 Å². The van der Waals surface area contributed by atoms with E-state index in [0.29, 0.717) is 30.5 Å². The van der Waals surface area contributed by atoms with Crippen LogP contribution in [0.2, 0.25) is 0 Å². The summed E-state index contributed by atoms with van der Waals surface area (Å²) in [6.07, 6.45) is 3.77. The van der Waals surface area contributed by atoms with Crippen molar-refractivity contribution in [2.45, 2.75) is 76.3 Å². The average Bonchev–Trinajstić information content (AvgIpc) is 2.90. The minimum atomic E-state index is -4.00. The number of nitrogens with one attached hydrogen (secondary N) is 1. The number of hydrogen-bond acceptors (Lipinski definition) is 7. The number of cyclic esters (lactones) is 1. The Labute approximate surface area is 246 Å². The SMILES string of the molecule is CCCC1(CCc2ccc(F)cc2)CC(O)=C([C@@H](c2cccc(NS(=O)(=O)c3ccc(N)cn3)c2)C(C)(C)C)C(=O)O1. The molecule has 1 unspecified atom stereocenters. The molecule has 8 nitrogen and oxygen atoms in total. The lowest BCUT2D eigenvalue weighted by atomic mass is 9.70. The van der Waals surface area contributed by atoms with Crippen LogP contribution in [-0.2, 0) is 26.0 Å². The predicted octanol–water partition coefficient (Wildman–Crippen LogP) is 6.66. The number of rotatable bonds is 10. The predicted molar refractivity (Wildman–Crippen MR) is 161 cm³/mol. The maximum absolute atomic E-state index is 13.7. The largest absolute Gasteiger partial charge is 0.512 e. The van der Waals surface area contributed by atoms with E-state index in [1.807, 2.05) is 27.7 Å². The van der Waals surface area contributed by atoms with Gasteiger partial charge in [-0.3, -0.25) is 4.72 Å². The maximum atomic E-state index is 13.7. The molecule has 1 aliphatic heterocycles. The highest BCUT2D eigenvalue weighted by molar-refractivity contribution is 7.92. The van der Waals surface area contributed by atoms with Crippen molar-refractivity contribution >= 4 is 27.4 Å². The summed E-state index contributed by atoms with van der Waals surface area (Å²) in [6.45, 7) is 7.84. The van der Waals surface area contributed by atoms with Gasteiger partial charge in [0.2, 0.25) is 0 Å². The standard InChI is InChI=1S/C32H38FN3O5S/c1-5-16-32(17-15-21-9-11-23(33)12-10-21)19-26(37)28(30(38)41-32)29(31(2,3)4)22-7-6-8-25(18-22)36-42(39,40)27-14-13-24(34)20-35-27/h6-14,18,20,29,36-37H,5,15-17,19,34H2,1-4H3/t29-,32?/m1/s1. The molecule has 2 heterocycles. The van der Waals surface area contributed by atoms with Crippen LogP contribution >= 0.6 is 0 Å². The van der Waals surface area contributed by atoms with Gasteiger partial charge < -0.3 is 15.6 Å². The average molecular weight is 596 g/mol. The number of pyridine rings is 1. The molecule has 2 atom stereocenters. The summed E-state index contributed by atoms with van der Waals surface area (Å²) in [4.78, 5) is 17.6. The van der Waals surface area contributed by atoms with Crippen molar-refractivity contribution in [3.8, 4) is 0 Å². The van der Waals surface area contributed by atoms with Gasteiger partial charge >= 0.3 is 5.97 Å². The van der Waals surface area contributed by atoms with E-state index in [9.17, 15) is 22.7 Å². The number of halogens is 1. The molecule has 0 radical (unpaired) electrons. The maximum Gasteiger partial charge on any atom is 0.338 e. The zero-order valence-corrected chi connectivity index (χ0v) is 25.2. The lowest BCUT2D eigenvalue weighted by Gasteiger charge is -2.41. The van der Waals surface area contributed by atoms with Crippen LogP contribution < -0.4 is 10.5 Å². The third kappa shape index (κ3) is 7.10. The van der Waals surface area contributed by atoms with Crippen LogP contribution in [0.1, 0.15) is 70.4 Å². The molecule has 42 heavy (non-hydrogen) atoms. The fourth-order valence-corrected chi connectivity index (χ4v) is 6.59. The highest BCUT2D eigenvalue weighted by Gasteiger charge is 2.46. The van der Waals surface area contributed by atoms with Gasteiger partial charge in [0.25, 0.3) is 10.0 Å². The Morgan fingerprint density at radius 1 is 1.12 bits per heavy atom. The minimum Gasteiger partial charge on any atom is -0.512 e. The molecule has 3 aromatic rings. The van der Waals surface area contributed by atoms with Gasteiger partial charge in [-0.05, 0) is 72.2 Å². The minimum absolute atomic E-state index is 0.0317. The molecule has 0 spiro atoms. The smallest absolute Gasteiger partial charge is 0.338 e. The molecule has 0 aliphatic carbocycles. The number of carbonyl (C=O) groups is 1. The summed E-state index contributed by atoms with van der Waals surface area (Å²) in [6, 6.07) is 15.7. The fraction of sp³-hybridized carbons (Fsp3) is 0.375. The van der Waals surface area contributed by atoms with E-state index in [0.717, 1.165) is 12.0 Å². The number of anilines is 2. The van der Waals surface area contributed by atoms with E-state index in [1.54, 1.807) is 36.4 Å². The van der Waals surface area contributed by atoms with E-state index >= 15 is 0 Å². The van der Waals surface area contributed by atoms with Crippen molar-refractivity contribution in [3.05, 3.63) is 95.1 Å². The number of ether oxygens (including phenoxy) is 1. The first-order chi connectivity index (χ1) is 19.7. The number of nitrogen functional groups attached to an aromatic ring is 1. The molecule has 0 fully saturated rings. The third-order valence-corrected chi connectivity index (χ3v) is 8.78. The lowest BCUT2D eigenvalue weighted by molar-refractivity contribution is -0.161. The van der Waals surface area contributed by atoms with E-state index in [2.05, 4.69) is 9.71 Å². The molecule has 0 saturated heterocycles. The zero-order chi connectivity index (χ0) is 30.7. The van der Waals surface area contributed by atoms with Crippen LogP contribution in [0.3, 0.4) is 0 Å². The van der Waals surface area contributed by atoms with Gasteiger partial charge in [-0.2, -0.15) is 8.42 Å². The normalized spacial score (nSPS) is 18.5. The Balaban J connectivity index is 1.65. The number of sulfonamides is 1. The molecular formula is C32H38FN3O5S. The number of aromatic nitrogens is 1. The van der Waals surface area contributed by atoms with Crippen molar-refractivity contribution in [2.24, 2.45) is 5.41 Å². The molecule has 4 rings (SSSR count). The van der Waals surface area contributed by atoms with E-state index in [-0.39, 0.29) is 34.3 Å². The summed E-state index contributed by atoms with van der Waals surface area (Å²) in [5.74, 6) is -1.54. The van der Waals surface area contributed by atoms with E-state index in [4.69, 9.17) is 10.5 Å². The van der Waals surface area contributed by atoms with Crippen molar-refractivity contribution in [1.82, 2.24) is 4.98 Å². The molecule has 0 saturated carbocycles. The van der Waals surface area contributed by atoms with Gasteiger partial charge in [-0.25, -0.2) is 14.2 Å². The monoisotopic (exact) mass is 595 g/mol. The number of nitrogens with zero attached hydrogens (tertiary/aromatic N) is 1. The Kier molecular flexibility index (Phi) is 8.96. The third-order valence-electron chi connectivity index (χ3n) is 7.48. The number of aryl methyl sites for hydroxylation is 1. The summed E-state index contributed by atoms with van der Waals surface area (Å²) in [5, 5.41) is 11.3. The van der Waals surface area contributed by atoms with Gasteiger partial charge in [-0.1, -0.05) is 58.4 Å². The number of hydrogen-bond donors (Lipinski definition) is 3. The molecule has 0 amide bonds. The first-order valence-electron chi connectivity index (χ1n) is 14.0. The number of aliphatic hydroxyl groups excluding tert-OH is 1. The number of benzene rings is 2. The Hall–Kier alpha value is -3.92. The van der Waals surface area contributed by atoms with Crippen LogP contribution in [0.15, 0.2) is 83.2 Å². The summed E-state index contributed by atoms with van der Waals surface area (Å²) in [5.41, 5.74) is 6.55. The number of carbonyl (C=O) groups excluding carboxylic acids is 1. The Morgan fingerprint density at radius 3 is 2.43 bits per heavy atom. The Morgan fingerprint density at radius 2 is 1.83 bits per heavy atom. The fourth-order valence-electron chi connectivity index (χ4n) is 5.61. The molecule has 1 aliphatic rings. The van der Waals surface area contributed by atoms with Gasteiger partial charge in [0, 0.05) is 18.0 Å². The van der Waals surface area contributed by atoms with Gasteiger partial charge in [0.05, 0.1) is 17.5 Å². The van der Waals surface area contributed by atoms with Crippen LogP contribution in [0.5, 0.6) is 0 Å². The van der Waals surface area contributed by atoms with E-state index < -0.39 is 32.9 Å². The summed E-state index contributed by atoms with van der Waals surface area (Å²) in [7, 11) is -4.00. The van der Waals surface area contributed by atoms with Crippen molar-refractivity contribution in [2.75, 3.05) is 10.5 Å². The van der Waals surface area contributed by atoms with Gasteiger partial charge in [-0.15, -0.1) is 0 Å². The number of esters is 1. The number of aliphatic hydroxyl groups is 1. The van der Waals surface area contributed by atoms with Crippen LogP contribution in [-0.4, -0.2) is 30.1 Å². The van der Waals surface area contributed by atoms with Gasteiger partial charge in [0.1, 0.15) is 17.2 Å². The first-order valence-corrected chi connectivity index (χ1v) is 15.5. The molecule has 2 aromatic carbocycles. The molecule has 1 aromatic heterocycles. The molecule has 0 bridgehead atoms. The van der Waals surface area contributed by atoms with Crippen molar-refractivity contribution in [3.63, 3.8) is 0 Å². The van der Waals surface area contributed by atoms with Crippen LogP contribution in [0.4, 0.5) is 15.8 Å². The summed E-state index contributed by atoms with van der Waals surface area (Å²) >= 11 is 0. The lowest BCUT2D eigenvalue weighted by Crippen LogP contribution is -2.43. The van der Waals surface area contributed by atoms with E-state index in [1.165, 1.54) is 30.5 Å². The Bertz CT molecular complexity index is 1560. The van der Waals surface area contributed by atoms with Crippen molar-refractivity contribution < 1.29 is 27.4 Å². The van der Waals surface area contributed by atoms with Crippen molar-refractivity contribution in [1.29, 1.82) is 0 Å². The van der Waals surface area contributed by atoms with Crippen LogP contribution in [0.25, 0.3) is 0 Å². The molecule has 10 heteroatoms. The highest BCUT2D eigenvalue weighted by atomic mass is 32.2. The molecule has 224 valence electrons. The second-order valence-corrected chi connectivity index (χ2v) is 13.6. The second kappa shape index (κ2) is 12.1.